The highest BCUT2D eigenvalue weighted by Gasteiger charge is 2.26. The van der Waals surface area contributed by atoms with Crippen molar-refractivity contribution in [1.82, 2.24) is 20.1 Å². The van der Waals surface area contributed by atoms with E-state index in [2.05, 4.69) is 15.2 Å². The first-order valence-corrected chi connectivity index (χ1v) is 5.75. The first-order valence-electron chi connectivity index (χ1n) is 5.75. The largest absolute Gasteiger partial charge is 0.481 e. The number of nitrogens with zero attached hydrogens (tertiary/aromatic N) is 3. The van der Waals surface area contributed by atoms with E-state index in [9.17, 15) is 9.59 Å². The predicted octanol–water partition coefficient (Wildman–Crippen LogP) is -0.286. The van der Waals surface area contributed by atoms with Crippen molar-refractivity contribution in [3.05, 3.63) is 5.82 Å². The van der Waals surface area contributed by atoms with Gasteiger partial charge < -0.3 is 15.7 Å². The van der Waals surface area contributed by atoms with Crippen molar-refractivity contribution < 1.29 is 14.7 Å². The Morgan fingerprint density at radius 1 is 1.44 bits per heavy atom. The molecule has 1 aromatic rings. The molecule has 1 aliphatic rings. The van der Waals surface area contributed by atoms with Crippen molar-refractivity contribution in [3.8, 4) is 0 Å². The number of nitrogens with two attached hydrogens (primary N) is 1. The minimum Gasteiger partial charge on any atom is -0.481 e. The lowest BCUT2D eigenvalue weighted by atomic mass is 9.93. The summed E-state index contributed by atoms with van der Waals surface area (Å²) in [5, 5.41) is 14.8. The first kappa shape index (κ1) is 12.3. The van der Waals surface area contributed by atoms with E-state index < -0.39 is 5.97 Å². The van der Waals surface area contributed by atoms with Gasteiger partial charge in [-0.2, -0.15) is 4.98 Å². The van der Waals surface area contributed by atoms with Crippen molar-refractivity contribution in [1.29, 1.82) is 0 Å². The van der Waals surface area contributed by atoms with Crippen LogP contribution in [0.15, 0.2) is 0 Å². The standard InChI is InChI=1S/C10H15N5O3/c11-10-12-8(13-14-10)9(18)15-3-1-6(2-4-15)5-7(16)17/h6H,1-5H2,(H,16,17)(H3,11,12,13,14). The zero-order chi connectivity index (χ0) is 13.1. The lowest BCUT2D eigenvalue weighted by Crippen LogP contribution is -2.39. The highest BCUT2D eigenvalue weighted by atomic mass is 16.4. The van der Waals surface area contributed by atoms with Crippen LogP contribution in [0.1, 0.15) is 29.9 Å². The average Bonchev–Trinajstić information content (AvgIpc) is 2.75. The fourth-order valence-corrected chi connectivity index (χ4v) is 2.11. The number of nitrogen functional groups attached to an aromatic ring is 1. The topological polar surface area (TPSA) is 125 Å². The quantitative estimate of drug-likeness (QED) is 0.680. The number of carbonyl (C=O) groups excluding carboxylic acids is 1. The van der Waals surface area contributed by atoms with Crippen LogP contribution in [-0.2, 0) is 4.79 Å². The number of hydrogen-bond donors (Lipinski definition) is 3. The number of nitrogens with one attached hydrogen (secondary N) is 1. The lowest BCUT2D eigenvalue weighted by Gasteiger charge is -2.30. The van der Waals surface area contributed by atoms with Gasteiger partial charge in [0.1, 0.15) is 0 Å². The number of piperidine rings is 1. The smallest absolute Gasteiger partial charge is 0.303 e. The Kier molecular flexibility index (Phi) is 3.45. The molecule has 2 heterocycles. The van der Waals surface area contributed by atoms with Crippen molar-refractivity contribution in [3.63, 3.8) is 0 Å². The predicted molar refractivity (Wildman–Crippen MR) is 61.7 cm³/mol. The molecule has 1 aliphatic heterocycles. The molecule has 98 valence electrons. The number of H-pyrrole nitrogens is 1. The Morgan fingerprint density at radius 2 is 2.11 bits per heavy atom. The molecule has 1 aromatic heterocycles. The zero-order valence-electron chi connectivity index (χ0n) is 9.80. The molecule has 1 amide bonds. The molecule has 18 heavy (non-hydrogen) atoms. The van der Waals surface area contributed by atoms with E-state index in [1.54, 1.807) is 4.90 Å². The second kappa shape index (κ2) is 5.03. The molecule has 0 radical (unpaired) electrons. The Balaban J connectivity index is 1.90. The second-order valence-corrected chi connectivity index (χ2v) is 4.38. The van der Waals surface area contributed by atoms with Gasteiger partial charge in [0.15, 0.2) is 0 Å². The average molecular weight is 253 g/mol. The number of likely N-dealkylation sites (tertiary alicyclic amines) is 1. The van der Waals surface area contributed by atoms with Gasteiger partial charge in [-0.25, -0.2) is 0 Å². The van der Waals surface area contributed by atoms with Gasteiger partial charge in [0.2, 0.25) is 11.8 Å². The molecule has 8 nitrogen and oxygen atoms in total. The van der Waals surface area contributed by atoms with Gasteiger partial charge in [0.25, 0.3) is 5.91 Å². The maximum atomic E-state index is 12.0. The third-order valence-electron chi connectivity index (χ3n) is 3.07. The van der Waals surface area contributed by atoms with Crippen LogP contribution in [0.25, 0.3) is 0 Å². The highest BCUT2D eigenvalue weighted by molar-refractivity contribution is 5.90. The molecule has 0 aliphatic carbocycles. The maximum Gasteiger partial charge on any atom is 0.303 e. The third kappa shape index (κ3) is 2.76. The number of carboxylic acid groups (broad SMARTS) is 1. The SMILES string of the molecule is Nc1n[nH]c(C(=O)N2CCC(CC(=O)O)CC2)n1. The van der Waals surface area contributed by atoms with Crippen LogP contribution in [-0.4, -0.2) is 50.2 Å². The molecule has 4 N–H and O–H groups in total. The minimum atomic E-state index is -0.789. The van der Waals surface area contributed by atoms with Crippen LogP contribution in [0.2, 0.25) is 0 Å². The first-order chi connectivity index (χ1) is 8.56. The molecule has 0 bridgehead atoms. The number of amides is 1. The van der Waals surface area contributed by atoms with Crippen molar-refractivity contribution in [2.45, 2.75) is 19.3 Å². The number of carbonyl (C=O) groups is 2. The van der Waals surface area contributed by atoms with E-state index in [1.165, 1.54) is 0 Å². The van der Waals surface area contributed by atoms with E-state index in [1.807, 2.05) is 0 Å². The Labute approximate surface area is 103 Å². The summed E-state index contributed by atoms with van der Waals surface area (Å²) in [5.74, 6) is -0.717. The molecule has 8 heteroatoms. The summed E-state index contributed by atoms with van der Waals surface area (Å²) < 4.78 is 0. The van der Waals surface area contributed by atoms with Crippen LogP contribution < -0.4 is 5.73 Å². The number of hydrogen-bond acceptors (Lipinski definition) is 5. The van der Waals surface area contributed by atoms with Crippen LogP contribution >= 0.6 is 0 Å². The van der Waals surface area contributed by atoms with Gasteiger partial charge in [-0.05, 0) is 18.8 Å². The molecule has 0 saturated carbocycles. The summed E-state index contributed by atoms with van der Waals surface area (Å²) in [6.45, 7) is 1.08. The van der Waals surface area contributed by atoms with E-state index in [4.69, 9.17) is 10.8 Å². The Hall–Kier alpha value is -2.12. The van der Waals surface area contributed by atoms with Gasteiger partial charge in [-0.3, -0.25) is 14.7 Å². The third-order valence-corrected chi connectivity index (χ3v) is 3.07. The van der Waals surface area contributed by atoms with Gasteiger partial charge in [0.05, 0.1) is 0 Å². The monoisotopic (exact) mass is 253 g/mol. The minimum absolute atomic E-state index is 0.0408. The van der Waals surface area contributed by atoms with Gasteiger partial charge in [-0.15, -0.1) is 5.10 Å². The summed E-state index contributed by atoms with van der Waals surface area (Å²) in [5.41, 5.74) is 5.33. The number of aromatic nitrogens is 3. The van der Waals surface area contributed by atoms with Gasteiger partial charge in [-0.1, -0.05) is 0 Å². The molecule has 0 spiro atoms. The number of anilines is 1. The van der Waals surface area contributed by atoms with E-state index >= 15 is 0 Å². The number of aromatic amines is 1. The summed E-state index contributed by atoms with van der Waals surface area (Å²) >= 11 is 0. The molecule has 1 saturated heterocycles. The van der Waals surface area contributed by atoms with Crippen molar-refractivity contribution in [2.24, 2.45) is 5.92 Å². The number of rotatable bonds is 3. The highest BCUT2D eigenvalue weighted by Crippen LogP contribution is 2.21. The molecule has 0 atom stereocenters. The van der Waals surface area contributed by atoms with Crippen LogP contribution in [0.5, 0.6) is 0 Å². The fraction of sp³-hybridized carbons (Fsp3) is 0.600. The van der Waals surface area contributed by atoms with E-state index in [0.29, 0.717) is 25.9 Å². The fourth-order valence-electron chi connectivity index (χ4n) is 2.11. The molecular weight excluding hydrogens is 238 g/mol. The zero-order valence-corrected chi connectivity index (χ0v) is 9.80. The van der Waals surface area contributed by atoms with Crippen LogP contribution in [0.4, 0.5) is 5.95 Å². The number of carboxylic acids is 1. The molecule has 2 rings (SSSR count). The Bertz CT molecular complexity index is 450. The van der Waals surface area contributed by atoms with E-state index in [-0.39, 0.29) is 30.0 Å². The molecule has 1 fully saturated rings. The lowest BCUT2D eigenvalue weighted by molar-refractivity contribution is -0.138. The summed E-state index contributed by atoms with van der Waals surface area (Å²) in [6, 6.07) is 0. The molecule has 0 unspecified atom stereocenters. The second-order valence-electron chi connectivity index (χ2n) is 4.38. The molecular formula is C10H15N5O3. The van der Waals surface area contributed by atoms with Crippen LogP contribution in [0, 0.1) is 5.92 Å². The summed E-state index contributed by atoms with van der Waals surface area (Å²) in [7, 11) is 0. The number of aliphatic carboxylic acids is 1. The normalized spacial score (nSPS) is 16.8. The summed E-state index contributed by atoms with van der Waals surface area (Å²) in [4.78, 5) is 28.0. The maximum absolute atomic E-state index is 12.0. The summed E-state index contributed by atoms with van der Waals surface area (Å²) in [6.07, 6.45) is 1.56. The van der Waals surface area contributed by atoms with Gasteiger partial charge >= 0.3 is 5.97 Å². The Morgan fingerprint density at radius 3 is 2.61 bits per heavy atom. The van der Waals surface area contributed by atoms with Crippen molar-refractivity contribution in [2.75, 3.05) is 18.8 Å². The van der Waals surface area contributed by atoms with Crippen LogP contribution in [0.3, 0.4) is 0 Å². The molecule has 0 aromatic carbocycles. The van der Waals surface area contributed by atoms with Gasteiger partial charge in [0, 0.05) is 19.5 Å². The van der Waals surface area contributed by atoms with Crippen molar-refractivity contribution >= 4 is 17.8 Å². The van der Waals surface area contributed by atoms with E-state index in [0.717, 1.165) is 0 Å².